The molecule has 2 atom stereocenters. The zero-order valence-corrected chi connectivity index (χ0v) is 16.7. The maximum atomic E-state index is 14.8. The van der Waals surface area contributed by atoms with Crippen LogP contribution in [0.4, 0.5) is 10.1 Å². The third-order valence-corrected chi connectivity index (χ3v) is 5.55. The minimum absolute atomic E-state index is 0.242. The molecule has 5 nitrogen and oxygen atoms in total. The second-order valence-electron chi connectivity index (χ2n) is 6.96. The number of thiocarbonyl (C=S) groups is 1. The molecular weight excluding hydrogens is 397 g/mol. The molecule has 0 unspecified atom stereocenters. The Hall–Kier alpha value is -3.58. The standard InChI is InChI=1S/C23H18FN5S/c24-17-6-1-2-8-19(17)29-22(21(27-23(29)30)18-7-3-4-12-26-18)20-9-5-15-28(20)16-10-13-25-14-11-16/h1-15,21-22H,(H,27,30)/t21-,22+/m1/s1. The Labute approximate surface area is 178 Å². The summed E-state index contributed by atoms with van der Waals surface area (Å²) in [5.74, 6) is -0.324. The van der Waals surface area contributed by atoms with Crippen LogP contribution in [0.3, 0.4) is 0 Å². The Morgan fingerprint density at radius 1 is 0.900 bits per heavy atom. The molecule has 5 rings (SSSR count). The van der Waals surface area contributed by atoms with Gasteiger partial charge in [-0.15, -0.1) is 0 Å². The van der Waals surface area contributed by atoms with Crippen molar-refractivity contribution in [2.45, 2.75) is 12.1 Å². The topological polar surface area (TPSA) is 46.0 Å². The second-order valence-corrected chi connectivity index (χ2v) is 7.34. The zero-order chi connectivity index (χ0) is 20.5. The van der Waals surface area contributed by atoms with Crippen molar-refractivity contribution in [1.29, 1.82) is 0 Å². The minimum Gasteiger partial charge on any atom is -0.351 e. The van der Waals surface area contributed by atoms with E-state index < -0.39 is 0 Å². The van der Waals surface area contributed by atoms with Crippen molar-refractivity contribution in [2.75, 3.05) is 4.90 Å². The predicted molar refractivity (Wildman–Crippen MR) is 118 cm³/mol. The van der Waals surface area contributed by atoms with Gasteiger partial charge in [-0.3, -0.25) is 9.97 Å². The van der Waals surface area contributed by atoms with Gasteiger partial charge in [0, 0.05) is 36.2 Å². The first kappa shape index (κ1) is 18.4. The number of para-hydroxylation sites is 1. The maximum absolute atomic E-state index is 14.8. The van der Waals surface area contributed by atoms with Gasteiger partial charge in [0.25, 0.3) is 0 Å². The van der Waals surface area contributed by atoms with Crippen molar-refractivity contribution in [3.8, 4) is 5.69 Å². The highest BCUT2D eigenvalue weighted by molar-refractivity contribution is 7.80. The van der Waals surface area contributed by atoms with Crippen LogP contribution in [0.1, 0.15) is 23.5 Å². The summed E-state index contributed by atoms with van der Waals surface area (Å²) in [7, 11) is 0. The lowest BCUT2D eigenvalue weighted by molar-refractivity contribution is 0.542. The third-order valence-electron chi connectivity index (χ3n) is 5.23. The summed E-state index contributed by atoms with van der Waals surface area (Å²) in [6.07, 6.45) is 7.24. The number of pyridine rings is 2. The molecule has 0 saturated carbocycles. The Bertz CT molecular complexity index is 1180. The monoisotopic (exact) mass is 415 g/mol. The summed E-state index contributed by atoms with van der Waals surface area (Å²) in [5, 5.41) is 3.83. The fraction of sp³-hybridized carbons (Fsp3) is 0.0870. The van der Waals surface area contributed by atoms with E-state index >= 15 is 0 Å². The molecule has 7 heteroatoms. The van der Waals surface area contributed by atoms with Crippen molar-refractivity contribution >= 4 is 23.0 Å². The lowest BCUT2D eigenvalue weighted by Gasteiger charge is -2.29. The van der Waals surface area contributed by atoms with Gasteiger partial charge in [-0.25, -0.2) is 4.39 Å². The highest BCUT2D eigenvalue weighted by Crippen LogP contribution is 2.42. The number of benzene rings is 1. The number of halogens is 1. The van der Waals surface area contributed by atoms with Crippen molar-refractivity contribution in [1.82, 2.24) is 19.9 Å². The van der Waals surface area contributed by atoms with Crippen LogP contribution in [0.25, 0.3) is 5.69 Å². The largest absolute Gasteiger partial charge is 0.351 e. The average molecular weight is 415 g/mol. The number of nitrogens with zero attached hydrogens (tertiary/aromatic N) is 4. The van der Waals surface area contributed by atoms with E-state index in [4.69, 9.17) is 12.2 Å². The SMILES string of the molecule is Fc1ccccc1N1C(=S)N[C@H](c2ccccn2)[C@@H]1c1cccn1-c1ccncc1. The molecule has 0 spiro atoms. The maximum Gasteiger partial charge on any atom is 0.174 e. The number of hydrogen-bond donors (Lipinski definition) is 1. The molecule has 0 bridgehead atoms. The van der Waals surface area contributed by atoms with Crippen LogP contribution in [-0.4, -0.2) is 19.6 Å². The molecule has 1 aromatic carbocycles. The van der Waals surface area contributed by atoms with E-state index in [1.54, 1.807) is 30.7 Å². The van der Waals surface area contributed by atoms with Crippen LogP contribution in [0.15, 0.2) is 91.5 Å². The zero-order valence-electron chi connectivity index (χ0n) is 15.9. The molecule has 1 saturated heterocycles. The lowest BCUT2D eigenvalue weighted by atomic mass is 10.0. The smallest absolute Gasteiger partial charge is 0.174 e. The van der Waals surface area contributed by atoms with Crippen LogP contribution in [0.2, 0.25) is 0 Å². The van der Waals surface area contributed by atoms with Gasteiger partial charge in [0.2, 0.25) is 0 Å². The Morgan fingerprint density at radius 3 is 2.47 bits per heavy atom. The van der Waals surface area contributed by atoms with E-state index in [0.717, 1.165) is 17.1 Å². The van der Waals surface area contributed by atoms with Gasteiger partial charge in [0.1, 0.15) is 11.9 Å². The quantitative estimate of drug-likeness (QED) is 0.494. The van der Waals surface area contributed by atoms with Crippen molar-refractivity contribution in [2.24, 2.45) is 0 Å². The van der Waals surface area contributed by atoms with Crippen molar-refractivity contribution in [3.05, 3.63) is 109 Å². The molecule has 0 amide bonds. The lowest BCUT2D eigenvalue weighted by Crippen LogP contribution is -2.31. The molecule has 1 N–H and O–H groups in total. The van der Waals surface area contributed by atoms with Gasteiger partial charge < -0.3 is 14.8 Å². The number of hydrogen-bond acceptors (Lipinski definition) is 3. The summed E-state index contributed by atoms with van der Waals surface area (Å²) in [5.41, 5.74) is 3.20. The minimum atomic E-state index is -0.324. The molecule has 4 heterocycles. The molecule has 30 heavy (non-hydrogen) atoms. The van der Waals surface area contributed by atoms with Crippen LogP contribution >= 0.6 is 12.2 Å². The van der Waals surface area contributed by atoms with Crippen molar-refractivity contribution in [3.63, 3.8) is 0 Å². The molecule has 0 aliphatic carbocycles. The number of anilines is 1. The second kappa shape index (κ2) is 7.68. The van der Waals surface area contributed by atoms with Gasteiger partial charge >= 0.3 is 0 Å². The third kappa shape index (κ3) is 3.13. The van der Waals surface area contributed by atoms with Gasteiger partial charge in [-0.1, -0.05) is 18.2 Å². The van der Waals surface area contributed by atoms with E-state index in [9.17, 15) is 4.39 Å². The molecule has 1 aliphatic rings. The first-order valence-corrected chi connectivity index (χ1v) is 9.98. The predicted octanol–water partition coefficient (Wildman–Crippen LogP) is 4.58. The molecular formula is C23H18FN5S. The Kier molecular flexibility index (Phi) is 4.72. The first-order valence-electron chi connectivity index (χ1n) is 9.57. The summed E-state index contributed by atoms with van der Waals surface area (Å²) >= 11 is 5.67. The molecule has 4 aromatic rings. The number of aromatic nitrogens is 3. The van der Waals surface area contributed by atoms with E-state index in [1.165, 1.54) is 6.07 Å². The highest BCUT2D eigenvalue weighted by Gasteiger charge is 2.42. The summed E-state index contributed by atoms with van der Waals surface area (Å²) in [4.78, 5) is 10.5. The fourth-order valence-corrected chi connectivity index (χ4v) is 4.28. The van der Waals surface area contributed by atoms with E-state index in [1.807, 2.05) is 59.6 Å². The van der Waals surface area contributed by atoms with Crippen LogP contribution < -0.4 is 10.2 Å². The molecule has 1 aliphatic heterocycles. The molecule has 3 aromatic heterocycles. The van der Waals surface area contributed by atoms with Crippen molar-refractivity contribution < 1.29 is 4.39 Å². The van der Waals surface area contributed by atoms with Crippen LogP contribution in [0.5, 0.6) is 0 Å². The fourth-order valence-electron chi connectivity index (χ4n) is 3.94. The van der Waals surface area contributed by atoms with E-state index in [2.05, 4.69) is 19.9 Å². The van der Waals surface area contributed by atoms with Crippen LogP contribution in [-0.2, 0) is 0 Å². The first-order chi connectivity index (χ1) is 14.7. The number of nitrogens with one attached hydrogen (secondary N) is 1. The Balaban J connectivity index is 1.69. The van der Waals surface area contributed by atoms with Crippen LogP contribution in [0, 0.1) is 5.82 Å². The van der Waals surface area contributed by atoms with Gasteiger partial charge in [-0.2, -0.15) is 0 Å². The van der Waals surface area contributed by atoms with E-state index in [-0.39, 0.29) is 17.9 Å². The normalized spacial score (nSPS) is 18.4. The number of rotatable bonds is 4. The van der Waals surface area contributed by atoms with Gasteiger partial charge in [-0.05, 0) is 60.7 Å². The highest BCUT2D eigenvalue weighted by atomic mass is 32.1. The Morgan fingerprint density at radius 2 is 1.70 bits per heavy atom. The van der Waals surface area contributed by atoms with Gasteiger partial charge in [0.15, 0.2) is 5.11 Å². The summed E-state index contributed by atoms with van der Waals surface area (Å²) in [6.45, 7) is 0. The van der Waals surface area contributed by atoms with Gasteiger partial charge in [0.05, 0.1) is 17.4 Å². The molecule has 1 fully saturated rings. The summed E-state index contributed by atoms with van der Waals surface area (Å²) in [6, 6.07) is 19.8. The van der Waals surface area contributed by atoms with E-state index in [0.29, 0.717) is 10.8 Å². The summed E-state index contributed by atoms with van der Waals surface area (Å²) < 4.78 is 16.9. The molecule has 0 radical (unpaired) electrons. The molecule has 148 valence electrons. The average Bonchev–Trinajstić information content (AvgIpc) is 3.40.